The van der Waals surface area contributed by atoms with Gasteiger partial charge >= 0.3 is 6.18 Å². The number of H-pyrrole nitrogens is 1. The minimum Gasteiger partial charge on any atom is -0.482 e. The second-order valence-electron chi connectivity index (χ2n) is 7.80. The molecule has 2 heterocycles. The number of carbonyl (C=O) groups excluding carboxylic acids is 1. The van der Waals surface area contributed by atoms with Gasteiger partial charge in [-0.1, -0.05) is 6.07 Å². The van der Waals surface area contributed by atoms with Crippen LogP contribution in [0.4, 0.5) is 18.9 Å². The van der Waals surface area contributed by atoms with Crippen molar-refractivity contribution < 1.29 is 22.7 Å². The van der Waals surface area contributed by atoms with E-state index in [2.05, 4.69) is 15.3 Å². The number of nitrogens with zero attached hydrogens (tertiary/aromatic N) is 1. The molecular weight excluding hydrogens is 475 g/mol. The molecule has 0 saturated carbocycles. The molecule has 2 N–H and O–H groups in total. The number of thioether (sulfide) groups is 1. The van der Waals surface area contributed by atoms with Crippen LogP contribution in [0.25, 0.3) is 10.2 Å². The van der Waals surface area contributed by atoms with E-state index in [4.69, 9.17) is 4.74 Å². The number of anilines is 1. The highest BCUT2D eigenvalue weighted by atomic mass is 32.2. The summed E-state index contributed by atoms with van der Waals surface area (Å²) >= 11 is 3.03. The van der Waals surface area contributed by atoms with Gasteiger partial charge in [0.05, 0.1) is 16.8 Å². The van der Waals surface area contributed by atoms with Crippen molar-refractivity contribution in [1.82, 2.24) is 9.97 Å². The monoisotopic (exact) mass is 497 g/mol. The molecule has 1 amide bonds. The summed E-state index contributed by atoms with van der Waals surface area (Å²) in [5, 5.41) is 3.32. The Bertz CT molecular complexity index is 1240. The number of benzene rings is 1. The second-order valence-corrected chi connectivity index (χ2v) is 9.99. The third kappa shape index (κ3) is 5.89. The van der Waals surface area contributed by atoms with Gasteiger partial charge in [-0.05, 0) is 49.4 Å². The highest BCUT2D eigenvalue weighted by Gasteiger charge is 2.29. The Morgan fingerprint density at radius 2 is 2.15 bits per heavy atom. The van der Waals surface area contributed by atoms with Crippen LogP contribution in [-0.4, -0.2) is 34.4 Å². The van der Waals surface area contributed by atoms with Crippen molar-refractivity contribution in [2.75, 3.05) is 17.7 Å². The summed E-state index contributed by atoms with van der Waals surface area (Å²) in [5.74, 6) is 1.12. The standard InChI is InChI=1S/C22H22F3N3O3S2/c1-12-5-6-14(15(9-12)31-11-22(23,24)25)26-18(29)7-8-32-10-17-27-20(30)19-13-3-2-4-16(13)33-21(19)28-17/h5-6,9H,2-4,7-8,10-11H2,1H3,(H,26,29)(H,27,28,30). The van der Waals surface area contributed by atoms with E-state index in [1.807, 2.05) is 0 Å². The molecule has 0 spiro atoms. The summed E-state index contributed by atoms with van der Waals surface area (Å²) in [7, 11) is 0. The summed E-state index contributed by atoms with van der Waals surface area (Å²) in [6, 6.07) is 4.66. The Kier molecular flexibility index (Phi) is 6.99. The molecular formula is C22H22F3N3O3S2. The summed E-state index contributed by atoms with van der Waals surface area (Å²) in [6.45, 7) is 0.292. The number of hydrogen-bond acceptors (Lipinski definition) is 6. The number of aromatic nitrogens is 2. The Morgan fingerprint density at radius 1 is 1.33 bits per heavy atom. The van der Waals surface area contributed by atoms with Crippen LogP contribution in [-0.2, 0) is 23.4 Å². The number of carbonyl (C=O) groups is 1. The average molecular weight is 498 g/mol. The van der Waals surface area contributed by atoms with Gasteiger partial charge in [0, 0.05) is 17.1 Å². The van der Waals surface area contributed by atoms with Gasteiger partial charge in [0.2, 0.25) is 5.91 Å². The number of fused-ring (bicyclic) bond motifs is 3. The maximum absolute atomic E-state index is 12.5. The number of aromatic amines is 1. The van der Waals surface area contributed by atoms with Gasteiger partial charge in [-0.15, -0.1) is 11.3 Å². The molecule has 0 atom stereocenters. The number of thiophene rings is 1. The van der Waals surface area contributed by atoms with E-state index in [1.165, 1.54) is 28.8 Å². The van der Waals surface area contributed by atoms with Crippen LogP contribution < -0.4 is 15.6 Å². The fourth-order valence-electron chi connectivity index (χ4n) is 3.67. The van der Waals surface area contributed by atoms with Gasteiger partial charge in [0.15, 0.2) is 6.61 Å². The first-order chi connectivity index (χ1) is 15.7. The maximum atomic E-state index is 12.5. The van der Waals surface area contributed by atoms with Crippen LogP contribution >= 0.6 is 23.1 Å². The van der Waals surface area contributed by atoms with E-state index in [-0.39, 0.29) is 29.3 Å². The van der Waals surface area contributed by atoms with Crippen molar-refractivity contribution in [3.63, 3.8) is 0 Å². The Labute approximate surface area is 195 Å². The number of amides is 1. The van der Waals surface area contributed by atoms with Gasteiger partial charge in [-0.25, -0.2) is 4.98 Å². The SMILES string of the molecule is Cc1ccc(NC(=O)CCSCc2nc3sc4c(c3c(=O)[nH]2)CCC4)c(OCC(F)(F)F)c1. The largest absolute Gasteiger partial charge is 0.482 e. The van der Waals surface area contributed by atoms with Crippen LogP contribution in [0.15, 0.2) is 23.0 Å². The average Bonchev–Trinajstić information content (AvgIpc) is 3.31. The highest BCUT2D eigenvalue weighted by molar-refractivity contribution is 7.98. The fourth-order valence-corrected chi connectivity index (χ4v) is 5.76. The molecule has 0 unspecified atom stereocenters. The maximum Gasteiger partial charge on any atom is 0.422 e. The molecule has 0 fully saturated rings. The molecule has 4 rings (SSSR count). The van der Waals surface area contributed by atoms with E-state index >= 15 is 0 Å². The zero-order valence-corrected chi connectivity index (χ0v) is 19.4. The van der Waals surface area contributed by atoms with E-state index in [0.29, 0.717) is 22.7 Å². The number of nitrogens with one attached hydrogen (secondary N) is 2. The van der Waals surface area contributed by atoms with Crippen molar-refractivity contribution >= 4 is 44.9 Å². The first kappa shape index (κ1) is 23.6. The third-order valence-electron chi connectivity index (χ3n) is 5.14. The number of hydrogen-bond donors (Lipinski definition) is 2. The molecule has 176 valence electrons. The molecule has 0 bridgehead atoms. The summed E-state index contributed by atoms with van der Waals surface area (Å²) in [6.07, 6.45) is -1.32. The molecule has 1 aromatic carbocycles. The van der Waals surface area contributed by atoms with Crippen molar-refractivity contribution in [2.24, 2.45) is 0 Å². The summed E-state index contributed by atoms with van der Waals surface area (Å²) in [5.41, 5.74) is 1.94. The van der Waals surface area contributed by atoms with Crippen molar-refractivity contribution in [3.05, 3.63) is 50.4 Å². The number of ether oxygens (including phenoxy) is 1. The molecule has 0 radical (unpaired) electrons. The third-order valence-corrected chi connectivity index (χ3v) is 7.29. The lowest BCUT2D eigenvalue weighted by atomic mass is 10.2. The van der Waals surface area contributed by atoms with Crippen LogP contribution in [0.3, 0.4) is 0 Å². The van der Waals surface area contributed by atoms with E-state index < -0.39 is 12.8 Å². The predicted molar refractivity (Wildman–Crippen MR) is 124 cm³/mol. The molecule has 0 aliphatic heterocycles. The molecule has 0 saturated heterocycles. The van der Waals surface area contributed by atoms with Crippen LogP contribution in [0, 0.1) is 6.92 Å². The van der Waals surface area contributed by atoms with E-state index in [9.17, 15) is 22.8 Å². The van der Waals surface area contributed by atoms with Crippen molar-refractivity contribution in [1.29, 1.82) is 0 Å². The zero-order chi connectivity index (χ0) is 23.6. The Balaban J connectivity index is 1.30. The Hall–Kier alpha value is -2.53. The zero-order valence-electron chi connectivity index (χ0n) is 17.8. The fraction of sp³-hybridized carbons (Fsp3) is 0.409. The lowest BCUT2D eigenvalue weighted by Crippen LogP contribution is -2.20. The summed E-state index contributed by atoms with van der Waals surface area (Å²) < 4.78 is 42.3. The van der Waals surface area contributed by atoms with Gasteiger partial charge in [0.1, 0.15) is 16.4 Å². The summed E-state index contributed by atoms with van der Waals surface area (Å²) in [4.78, 5) is 34.2. The predicted octanol–water partition coefficient (Wildman–Crippen LogP) is 4.98. The van der Waals surface area contributed by atoms with Gasteiger partial charge < -0.3 is 15.0 Å². The number of alkyl halides is 3. The molecule has 33 heavy (non-hydrogen) atoms. The highest BCUT2D eigenvalue weighted by Crippen LogP contribution is 2.34. The molecule has 6 nitrogen and oxygen atoms in total. The quantitative estimate of drug-likeness (QED) is 0.429. The van der Waals surface area contributed by atoms with E-state index in [0.717, 1.165) is 35.2 Å². The lowest BCUT2D eigenvalue weighted by molar-refractivity contribution is -0.153. The minimum absolute atomic E-state index is 0.0220. The first-order valence-electron chi connectivity index (χ1n) is 10.4. The molecule has 1 aliphatic rings. The molecule has 3 aromatic rings. The number of halogens is 3. The number of aryl methyl sites for hydroxylation is 3. The first-order valence-corrected chi connectivity index (χ1v) is 12.4. The van der Waals surface area contributed by atoms with E-state index in [1.54, 1.807) is 24.3 Å². The molecule has 1 aliphatic carbocycles. The topological polar surface area (TPSA) is 84.1 Å². The van der Waals surface area contributed by atoms with Gasteiger partial charge in [0.25, 0.3) is 5.56 Å². The smallest absolute Gasteiger partial charge is 0.422 e. The second kappa shape index (κ2) is 9.76. The number of rotatable bonds is 8. The minimum atomic E-state index is -4.47. The van der Waals surface area contributed by atoms with Gasteiger partial charge in [-0.2, -0.15) is 24.9 Å². The van der Waals surface area contributed by atoms with Gasteiger partial charge in [-0.3, -0.25) is 9.59 Å². The van der Waals surface area contributed by atoms with Crippen LogP contribution in [0.5, 0.6) is 5.75 Å². The molecule has 2 aromatic heterocycles. The Morgan fingerprint density at radius 3 is 2.94 bits per heavy atom. The van der Waals surface area contributed by atoms with Crippen LogP contribution in [0.2, 0.25) is 0 Å². The normalized spacial score (nSPS) is 13.3. The van der Waals surface area contributed by atoms with Crippen molar-refractivity contribution in [2.45, 2.75) is 44.5 Å². The van der Waals surface area contributed by atoms with Crippen molar-refractivity contribution in [3.8, 4) is 5.75 Å². The van der Waals surface area contributed by atoms with Crippen LogP contribution in [0.1, 0.15) is 34.7 Å². The molecule has 11 heteroatoms. The lowest BCUT2D eigenvalue weighted by Gasteiger charge is -2.14.